The number of rotatable bonds is 3. The Morgan fingerprint density at radius 3 is 2.29 bits per heavy atom. The summed E-state index contributed by atoms with van der Waals surface area (Å²) in [5.41, 5.74) is 0.962. The Labute approximate surface area is 119 Å². The van der Waals surface area contributed by atoms with Gasteiger partial charge < -0.3 is 0 Å². The minimum atomic E-state index is -4.44. The molecule has 0 saturated heterocycles. The third kappa shape index (κ3) is 3.48. The molecule has 0 aliphatic carbocycles. The van der Waals surface area contributed by atoms with Crippen LogP contribution in [0.25, 0.3) is 0 Å². The van der Waals surface area contributed by atoms with Gasteiger partial charge in [-0.15, -0.1) is 0 Å². The van der Waals surface area contributed by atoms with E-state index in [2.05, 4.69) is 0 Å². The first-order chi connectivity index (χ1) is 9.94. The van der Waals surface area contributed by atoms with E-state index in [4.69, 9.17) is 5.26 Å². The Kier molecular flexibility index (Phi) is 4.08. The second-order valence-corrected chi connectivity index (χ2v) is 4.51. The number of alkyl halides is 3. The normalized spacial score (nSPS) is 11.0. The van der Waals surface area contributed by atoms with Gasteiger partial charge in [-0.2, -0.15) is 18.4 Å². The molecule has 5 heteroatoms. The minimum absolute atomic E-state index is 0.198. The maximum absolute atomic E-state index is 12.7. The van der Waals surface area contributed by atoms with Crippen molar-refractivity contribution in [2.45, 2.75) is 12.6 Å². The van der Waals surface area contributed by atoms with E-state index in [9.17, 15) is 18.0 Å². The first-order valence-electron chi connectivity index (χ1n) is 6.08. The Balaban J connectivity index is 2.37. The number of carbonyl (C=O) groups excluding carboxylic acids is 1. The van der Waals surface area contributed by atoms with E-state index in [1.165, 1.54) is 6.07 Å². The lowest BCUT2D eigenvalue weighted by Crippen LogP contribution is -2.07. The van der Waals surface area contributed by atoms with E-state index in [0.29, 0.717) is 17.4 Å². The van der Waals surface area contributed by atoms with Gasteiger partial charge in [0.1, 0.15) is 6.29 Å². The highest BCUT2D eigenvalue weighted by Crippen LogP contribution is 2.31. The van der Waals surface area contributed by atoms with Crippen LogP contribution in [0.4, 0.5) is 13.2 Å². The first kappa shape index (κ1) is 14.8. The van der Waals surface area contributed by atoms with Crippen LogP contribution in [0.2, 0.25) is 0 Å². The molecule has 0 radical (unpaired) electrons. The second-order valence-electron chi connectivity index (χ2n) is 4.51. The van der Waals surface area contributed by atoms with Crippen molar-refractivity contribution in [1.29, 1.82) is 5.26 Å². The minimum Gasteiger partial charge on any atom is -0.298 e. The van der Waals surface area contributed by atoms with Gasteiger partial charge in [0.15, 0.2) is 0 Å². The number of benzene rings is 2. The molecule has 0 fully saturated rings. The summed E-state index contributed by atoms with van der Waals surface area (Å²) in [5, 5.41) is 8.70. The summed E-state index contributed by atoms with van der Waals surface area (Å²) in [7, 11) is 0. The Bertz CT molecular complexity index is 697. The van der Waals surface area contributed by atoms with Gasteiger partial charge in [0, 0.05) is 5.56 Å². The van der Waals surface area contributed by atoms with Crippen LogP contribution in [0, 0.1) is 11.3 Å². The molecular weight excluding hydrogens is 279 g/mol. The Morgan fingerprint density at radius 1 is 1.10 bits per heavy atom. The van der Waals surface area contributed by atoms with Gasteiger partial charge in [-0.05, 0) is 41.8 Å². The molecule has 2 nitrogen and oxygen atoms in total. The molecule has 2 rings (SSSR count). The molecule has 0 N–H and O–H groups in total. The van der Waals surface area contributed by atoms with Gasteiger partial charge in [0.25, 0.3) is 0 Å². The van der Waals surface area contributed by atoms with Gasteiger partial charge in [0.2, 0.25) is 0 Å². The molecule has 2 aromatic rings. The molecule has 0 aliphatic rings. The van der Waals surface area contributed by atoms with E-state index in [0.717, 1.165) is 17.7 Å². The zero-order valence-corrected chi connectivity index (χ0v) is 10.8. The lowest BCUT2D eigenvalue weighted by Gasteiger charge is -2.11. The van der Waals surface area contributed by atoms with Crippen molar-refractivity contribution in [2.24, 2.45) is 0 Å². The zero-order chi connectivity index (χ0) is 15.5. The number of nitrogens with zero attached hydrogens (tertiary/aromatic N) is 1. The molecule has 0 spiro atoms. The number of hydrogen-bond acceptors (Lipinski definition) is 2. The maximum atomic E-state index is 12.7. The van der Waals surface area contributed by atoms with Crippen LogP contribution in [-0.2, 0) is 12.6 Å². The average Bonchev–Trinajstić information content (AvgIpc) is 2.47. The fraction of sp³-hybridized carbons (Fsp3) is 0.125. The summed E-state index contributed by atoms with van der Waals surface area (Å²) in [4.78, 5) is 11.0. The van der Waals surface area contributed by atoms with Crippen LogP contribution in [0.5, 0.6) is 0 Å². The lowest BCUT2D eigenvalue weighted by molar-refractivity contribution is -0.137. The second kappa shape index (κ2) is 5.80. The predicted octanol–water partition coefficient (Wildman–Crippen LogP) is 3.98. The number of nitriles is 1. The third-order valence-electron chi connectivity index (χ3n) is 3.07. The quantitative estimate of drug-likeness (QED) is 0.802. The van der Waals surface area contributed by atoms with Crippen LogP contribution in [0.15, 0.2) is 42.5 Å². The summed E-state index contributed by atoms with van der Waals surface area (Å²) < 4.78 is 38.2. The fourth-order valence-electron chi connectivity index (χ4n) is 1.97. The van der Waals surface area contributed by atoms with Crippen molar-refractivity contribution in [3.8, 4) is 6.07 Å². The molecule has 106 valence electrons. The number of halogens is 3. The first-order valence-corrected chi connectivity index (χ1v) is 6.08. The molecule has 2 aromatic carbocycles. The van der Waals surface area contributed by atoms with E-state index in [1.807, 2.05) is 6.07 Å². The monoisotopic (exact) mass is 289 g/mol. The van der Waals surface area contributed by atoms with Crippen LogP contribution < -0.4 is 0 Å². The van der Waals surface area contributed by atoms with Gasteiger partial charge in [-0.25, -0.2) is 0 Å². The SMILES string of the molecule is N#Cc1ccc(Cc2cc(C(F)(F)F)ccc2C=O)cc1. The summed E-state index contributed by atoms with van der Waals surface area (Å²) in [5.74, 6) is 0. The van der Waals surface area contributed by atoms with Gasteiger partial charge in [0.05, 0.1) is 17.2 Å². The van der Waals surface area contributed by atoms with Crippen molar-refractivity contribution in [3.05, 3.63) is 70.3 Å². The molecule has 0 aromatic heterocycles. The Morgan fingerprint density at radius 2 is 1.76 bits per heavy atom. The number of hydrogen-bond donors (Lipinski definition) is 0. The van der Waals surface area contributed by atoms with Crippen LogP contribution in [0.1, 0.15) is 32.6 Å². The summed E-state index contributed by atoms with van der Waals surface area (Å²) >= 11 is 0. The molecule has 0 heterocycles. The molecule has 0 saturated carbocycles. The van der Waals surface area contributed by atoms with Crippen molar-refractivity contribution in [3.63, 3.8) is 0 Å². The largest absolute Gasteiger partial charge is 0.416 e. The molecule has 0 bridgehead atoms. The number of aldehydes is 1. The van der Waals surface area contributed by atoms with Crippen LogP contribution in [0.3, 0.4) is 0 Å². The highest BCUT2D eigenvalue weighted by molar-refractivity contribution is 5.77. The fourth-order valence-corrected chi connectivity index (χ4v) is 1.97. The van der Waals surface area contributed by atoms with Gasteiger partial charge >= 0.3 is 6.18 Å². The summed E-state index contributed by atoms with van der Waals surface area (Å²) in [6.45, 7) is 0. The standard InChI is InChI=1S/C16H10F3NO/c17-16(18,19)15-6-5-13(10-21)14(8-15)7-11-1-3-12(9-20)4-2-11/h1-6,8,10H,7H2. The lowest BCUT2D eigenvalue weighted by atomic mass is 9.97. The highest BCUT2D eigenvalue weighted by atomic mass is 19.4. The third-order valence-corrected chi connectivity index (χ3v) is 3.07. The molecule has 0 aliphatic heterocycles. The summed E-state index contributed by atoms with van der Waals surface area (Å²) in [6, 6.07) is 11.5. The maximum Gasteiger partial charge on any atom is 0.416 e. The van der Waals surface area contributed by atoms with E-state index in [-0.39, 0.29) is 12.0 Å². The van der Waals surface area contributed by atoms with Crippen molar-refractivity contribution < 1.29 is 18.0 Å². The van der Waals surface area contributed by atoms with Gasteiger partial charge in [-0.1, -0.05) is 18.2 Å². The topological polar surface area (TPSA) is 40.9 Å². The van der Waals surface area contributed by atoms with Crippen LogP contribution >= 0.6 is 0 Å². The number of carbonyl (C=O) groups is 1. The Hall–Kier alpha value is -2.61. The average molecular weight is 289 g/mol. The van der Waals surface area contributed by atoms with Crippen molar-refractivity contribution >= 4 is 6.29 Å². The molecule has 21 heavy (non-hydrogen) atoms. The van der Waals surface area contributed by atoms with E-state index in [1.54, 1.807) is 24.3 Å². The zero-order valence-electron chi connectivity index (χ0n) is 10.8. The summed E-state index contributed by atoms with van der Waals surface area (Å²) in [6.07, 6.45) is -3.70. The molecule has 0 amide bonds. The van der Waals surface area contributed by atoms with Crippen molar-refractivity contribution in [2.75, 3.05) is 0 Å². The van der Waals surface area contributed by atoms with E-state index < -0.39 is 11.7 Å². The molecule has 0 unspecified atom stereocenters. The molecular formula is C16H10F3NO. The van der Waals surface area contributed by atoms with Crippen molar-refractivity contribution in [1.82, 2.24) is 0 Å². The predicted molar refractivity (Wildman–Crippen MR) is 70.8 cm³/mol. The van der Waals surface area contributed by atoms with E-state index >= 15 is 0 Å². The highest BCUT2D eigenvalue weighted by Gasteiger charge is 2.30. The smallest absolute Gasteiger partial charge is 0.298 e. The van der Waals surface area contributed by atoms with Gasteiger partial charge in [-0.3, -0.25) is 4.79 Å². The van der Waals surface area contributed by atoms with Crippen LogP contribution in [-0.4, -0.2) is 6.29 Å². The molecule has 0 atom stereocenters.